The molecule has 0 nitrogen and oxygen atoms in total. The van der Waals surface area contributed by atoms with Crippen molar-refractivity contribution in [3.63, 3.8) is 0 Å². The van der Waals surface area contributed by atoms with E-state index in [1.54, 1.807) is 6.55 Å². The average Bonchev–Trinajstić information content (AvgIpc) is 2.79. The summed E-state index contributed by atoms with van der Waals surface area (Å²) in [4.78, 5) is 0. The SMILES string of the molecule is CCCC(F)(F)C(F)(F)C(F)(F)C(F)(F)C(F)(F)C(F)(F)CC[Si](C)(C[SiH](CC)CC)C[SiH](CC)CC. The smallest absolute Gasteiger partial charge is 0.200 e. The minimum absolute atomic E-state index is 0.577. The van der Waals surface area contributed by atoms with Crippen molar-refractivity contribution in [3.8, 4) is 0 Å². The fourth-order valence-corrected chi connectivity index (χ4v) is 26.4. The highest BCUT2D eigenvalue weighted by molar-refractivity contribution is 6.95. The van der Waals surface area contributed by atoms with E-state index in [-0.39, 0.29) is 0 Å². The van der Waals surface area contributed by atoms with E-state index < -0.39 is 86.5 Å². The molecule has 0 saturated heterocycles. The molecule has 224 valence electrons. The minimum Gasteiger partial charge on any atom is -0.200 e. The molecule has 0 rings (SSSR count). The van der Waals surface area contributed by atoms with Crippen LogP contribution in [0.15, 0.2) is 0 Å². The molecular weight excluding hydrogens is 576 g/mol. The summed E-state index contributed by atoms with van der Waals surface area (Å²) in [6.07, 6.45) is -4.81. The Morgan fingerprint density at radius 2 is 0.784 bits per heavy atom. The quantitative estimate of drug-likeness (QED) is 0.106. The van der Waals surface area contributed by atoms with Crippen molar-refractivity contribution < 1.29 is 52.7 Å². The lowest BCUT2D eigenvalue weighted by Crippen LogP contribution is -2.70. The third kappa shape index (κ3) is 7.51. The van der Waals surface area contributed by atoms with Crippen molar-refractivity contribution >= 4 is 25.7 Å². The molecule has 0 spiro atoms. The summed E-state index contributed by atoms with van der Waals surface area (Å²) in [5.74, 6) is -40.5. The van der Waals surface area contributed by atoms with E-state index >= 15 is 0 Å². The summed E-state index contributed by atoms with van der Waals surface area (Å²) in [6, 6.07) is 2.65. The molecule has 0 aliphatic heterocycles. The van der Waals surface area contributed by atoms with Gasteiger partial charge in [-0.1, -0.05) is 89.1 Å². The molecule has 0 aromatic heterocycles. The number of hydrogen-bond acceptors (Lipinski definition) is 0. The second kappa shape index (κ2) is 13.0. The summed E-state index contributed by atoms with van der Waals surface area (Å²) in [7, 11) is -5.59. The first-order chi connectivity index (χ1) is 16.5. The van der Waals surface area contributed by atoms with Gasteiger partial charge in [0.1, 0.15) is 0 Å². The number of hydrogen-bond donors (Lipinski definition) is 0. The Hall–Kier alpha value is -0.189. The van der Waals surface area contributed by atoms with Gasteiger partial charge in [0.15, 0.2) is 0 Å². The molecule has 0 radical (unpaired) electrons. The van der Waals surface area contributed by atoms with Gasteiger partial charge in [-0.2, -0.15) is 52.7 Å². The topological polar surface area (TPSA) is 0 Å². The predicted molar refractivity (Wildman–Crippen MR) is 131 cm³/mol. The van der Waals surface area contributed by atoms with Gasteiger partial charge in [0.05, 0.1) is 0 Å². The lowest BCUT2D eigenvalue weighted by atomic mass is 9.89. The number of halogens is 12. The van der Waals surface area contributed by atoms with Crippen LogP contribution < -0.4 is 0 Å². The fourth-order valence-electron chi connectivity index (χ4n) is 4.78. The molecule has 0 aromatic carbocycles. The van der Waals surface area contributed by atoms with Gasteiger partial charge < -0.3 is 0 Å². The Bertz CT molecular complexity index is 678. The van der Waals surface area contributed by atoms with E-state index in [4.69, 9.17) is 0 Å². The van der Waals surface area contributed by atoms with Crippen LogP contribution in [0.2, 0.25) is 48.1 Å². The van der Waals surface area contributed by atoms with Crippen LogP contribution in [0.5, 0.6) is 0 Å². The maximum atomic E-state index is 14.6. The van der Waals surface area contributed by atoms with Gasteiger partial charge in [-0.05, 0) is 0 Å². The zero-order valence-electron chi connectivity index (χ0n) is 22.3. The van der Waals surface area contributed by atoms with E-state index in [1.807, 2.05) is 27.7 Å². The normalized spacial score (nSPS) is 15.2. The maximum Gasteiger partial charge on any atom is 0.384 e. The lowest BCUT2D eigenvalue weighted by molar-refractivity contribution is -0.425. The summed E-state index contributed by atoms with van der Waals surface area (Å²) >= 11 is 0. The second-order valence-corrected chi connectivity index (χ2v) is 24.7. The van der Waals surface area contributed by atoms with E-state index in [0.717, 1.165) is 31.1 Å². The van der Waals surface area contributed by atoms with Crippen LogP contribution in [0.3, 0.4) is 0 Å². The lowest BCUT2D eigenvalue weighted by Gasteiger charge is -2.42. The largest absolute Gasteiger partial charge is 0.384 e. The van der Waals surface area contributed by atoms with E-state index in [2.05, 4.69) is 0 Å². The number of rotatable bonds is 18. The Kier molecular flexibility index (Phi) is 12.9. The van der Waals surface area contributed by atoms with E-state index in [1.165, 1.54) is 0 Å². The fraction of sp³-hybridized carbons (Fsp3) is 1.00. The molecule has 0 amide bonds. The van der Waals surface area contributed by atoms with Crippen molar-refractivity contribution in [2.45, 2.75) is 138 Å². The van der Waals surface area contributed by atoms with Crippen LogP contribution in [0.1, 0.15) is 53.9 Å². The van der Waals surface area contributed by atoms with E-state index in [9.17, 15) is 52.7 Å². The van der Waals surface area contributed by atoms with Crippen LogP contribution in [-0.2, 0) is 0 Å². The molecule has 0 unspecified atom stereocenters. The Morgan fingerprint density at radius 1 is 0.486 bits per heavy atom. The first-order valence-electron chi connectivity index (χ1n) is 12.8. The molecule has 0 saturated carbocycles. The van der Waals surface area contributed by atoms with Crippen molar-refractivity contribution in [3.05, 3.63) is 0 Å². The van der Waals surface area contributed by atoms with Crippen LogP contribution in [-0.4, -0.2) is 61.2 Å². The van der Waals surface area contributed by atoms with Gasteiger partial charge in [-0.15, -0.1) is 0 Å². The summed E-state index contributed by atoms with van der Waals surface area (Å²) in [6.45, 7) is 10.3. The third-order valence-electron chi connectivity index (χ3n) is 7.58. The monoisotopic (exact) mass is 616 g/mol. The Labute approximate surface area is 216 Å². The van der Waals surface area contributed by atoms with Crippen molar-refractivity contribution in [1.29, 1.82) is 0 Å². The van der Waals surface area contributed by atoms with Crippen LogP contribution in [0.4, 0.5) is 52.7 Å². The zero-order chi connectivity index (χ0) is 29.7. The summed E-state index contributed by atoms with van der Waals surface area (Å²) in [5.41, 5.74) is 1.16. The van der Waals surface area contributed by atoms with Crippen LogP contribution >= 0.6 is 0 Å². The molecule has 0 aliphatic carbocycles. The second-order valence-electron chi connectivity index (χ2n) is 10.5. The number of alkyl halides is 12. The minimum atomic E-state index is -7.45. The molecule has 0 N–H and O–H groups in total. The highest BCUT2D eigenvalue weighted by Crippen LogP contribution is 2.61. The summed E-state index contributed by atoms with van der Waals surface area (Å²) in [5, 5.41) is 0. The predicted octanol–water partition coefficient (Wildman–Crippen LogP) is 9.68. The molecular formula is C22H40F12Si3. The van der Waals surface area contributed by atoms with Gasteiger partial charge in [0, 0.05) is 38.5 Å². The van der Waals surface area contributed by atoms with Crippen LogP contribution in [0.25, 0.3) is 0 Å². The third-order valence-corrected chi connectivity index (χ3v) is 26.2. The molecule has 37 heavy (non-hydrogen) atoms. The first kappa shape index (κ1) is 36.8. The van der Waals surface area contributed by atoms with Gasteiger partial charge in [0.25, 0.3) is 0 Å². The van der Waals surface area contributed by atoms with Gasteiger partial charge in [0.2, 0.25) is 0 Å². The van der Waals surface area contributed by atoms with Crippen molar-refractivity contribution in [2.24, 2.45) is 0 Å². The van der Waals surface area contributed by atoms with E-state index in [0.29, 0.717) is 11.3 Å². The van der Waals surface area contributed by atoms with Crippen LogP contribution in [0, 0.1) is 0 Å². The summed E-state index contributed by atoms with van der Waals surface area (Å²) < 4.78 is 170. The Balaban J connectivity index is 6.28. The average molecular weight is 617 g/mol. The molecule has 0 heterocycles. The van der Waals surface area contributed by atoms with Gasteiger partial charge in [-0.3, -0.25) is 0 Å². The zero-order valence-corrected chi connectivity index (χ0v) is 25.6. The molecule has 0 atom stereocenters. The molecule has 0 aliphatic rings. The highest BCUT2D eigenvalue weighted by atomic mass is 28.4. The molecule has 15 heteroatoms. The van der Waals surface area contributed by atoms with Gasteiger partial charge >= 0.3 is 35.5 Å². The van der Waals surface area contributed by atoms with Crippen molar-refractivity contribution in [1.82, 2.24) is 0 Å². The Morgan fingerprint density at radius 3 is 1.05 bits per heavy atom. The molecule has 0 fully saturated rings. The van der Waals surface area contributed by atoms with Gasteiger partial charge in [-0.25, -0.2) is 0 Å². The molecule has 0 bridgehead atoms. The standard InChI is InChI=1S/C22H40F12Si3/c1-7-12-17(23,24)19(27,28)21(31,32)22(33,34)20(29,30)18(25,26)13-14-37(6,15-35(8-2)9-3)16-36(10-4)11-5/h35-36H,7-16H2,1-6H3. The van der Waals surface area contributed by atoms with Crippen molar-refractivity contribution in [2.75, 3.05) is 0 Å². The first-order valence-corrected chi connectivity index (χ1v) is 20.8. The molecule has 0 aromatic rings. The maximum absolute atomic E-state index is 14.6. The highest BCUT2D eigenvalue weighted by Gasteiger charge is 2.89.